The molecule has 4 heterocycles. The van der Waals surface area contributed by atoms with E-state index in [1.54, 1.807) is 0 Å². The smallest absolute Gasteiger partial charge is 0.140 e. The molecule has 0 bridgehead atoms. The number of fused-ring (bicyclic) bond motifs is 7. The van der Waals surface area contributed by atoms with Crippen molar-refractivity contribution in [3.63, 3.8) is 0 Å². The Morgan fingerprint density at radius 1 is 0.696 bits per heavy atom. The second kappa shape index (κ2) is 10.1. The summed E-state index contributed by atoms with van der Waals surface area (Å²) in [6.45, 7) is 4.66. The third-order valence-electron chi connectivity index (χ3n) is 9.29. The van der Waals surface area contributed by atoms with Crippen molar-refractivity contribution < 1.29 is 4.74 Å². The maximum absolute atomic E-state index is 6.57. The Bertz CT molecular complexity index is 2470. The molecular weight excluding hydrogens is 585 g/mol. The van der Waals surface area contributed by atoms with Gasteiger partial charge in [0.05, 0.1) is 22.1 Å². The van der Waals surface area contributed by atoms with Crippen LogP contribution in [-0.4, -0.2) is 19.1 Å². The molecule has 0 N–H and O–H groups in total. The second-order valence-corrected chi connectivity index (χ2v) is 13.4. The Morgan fingerprint density at radius 2 is 1.50 bits per heavy atom. The number of para-hydroxylation sites is 2. The number of rotatable bonds is 4. The molecule has 0 atom stereocenters. The molecule has 222 valence electrons. The van der Waals surface area contributed by atoms with E-state index < -0.39 is 0 Å². The zero-order valence-electron chi connectivity index (χ0n) is 25.7. The first kappa shape index (κ1) is 27.0. The average Bonchev–Trinajstić information content (AvgIpc) is 3.60. The van der Waals surface area contributed by atoms with E-state index in [4.69, 9.17) is 14.7 Å². The molecule has 46 heavy (non-hydrogen) atoms. The number of aromatic nitrogens is 4. The minimum Gasteiger partial charge on any atom is -0.457 e. The van der Waals surface area contributed by atoms with Gasteiger partial charge in [-0.25, -0.2) is 9.97 Å². The molecule has 5 nitrogen and oxygen atoms in total. The van der Waals surface area contributed by atoms with Crippen molar-refractivity contribution in [1.82, 2.24) is 19.1 Å². The van der Waals surface area contributed by atoms with Crippen LogP contribution in [-0.2, 0) is 12.5 Å². The maximum Gasteiger partial charge on any atom is 0.140 e. The molecular formula is C40H30N4OS. The fraction of sp³-hybridized carbons (Fsp3) is 0.100. The van der Waals surface area contributed by atoms with Crippen LogP contribution in [0.25, 0.3) is 50.0 Å². The third-order valence-corrected chi connectivity index (χ3v) is 10.5. The summed E-state index contributed by atoms with van der Waals surface area (Å²) in [6, 6.07) is 42.2. The highest BCUT2D eigenvalue weighted by molar-refractivity contribution is 7.99. The number of imidazole rings is 1. The van der Waals surface area contributed by atoms with Gasteiger partial charge in [-0.15, -0.1) is 0 Å². The summed E-state index contributed by atoms with van der Waals surface area (Å²) >= 11 is 1.86. The summed E-state index contributed by atoms with van der Waals surface area (Å²) in [5.41, 5.74) is 7.89. The van der Waals surface area contributed by atoms with Gasteiger partial charge in [0, 0.05) is 50.9 Å². The van der Waals surface area contributed by atoms with Crippen molar-refractivity contribution in [2.24, 2.45) is 7.05 Å². The molecule has 5 aromatic carbocycles. The average molecular weight is 615 g/mol. The van der Waals surface area contributed by atoms with Crippen molar-refractivity contribution >= 4 is 44.6 Å². The minimum absolute atomic E-state index is 0.130. The van der Waals surface area contributed by atoms with Gasteiger partial charge in [-0.05, 0) is 65.7 Å². The SMILES string of the molecule is Cn1c(-c2cccc(Oc3ccc4c5ccc6c(c5n(-c5ccccn5)c4c3)Sc3ccccc3C6(C)C)c2)nc2ccccc21. The summed E-state index contributed by atoms with van der Waals surface area (Å²) < 4.78 is 11.0. The van der Waals surface area contributed by atoms with E-state index in [2.05, 4.69) is 115 Å². The number of aryl methyl sites for hydroxylation is 1. The van der Waals surface area contributed by atoms with Gasteiger partial charge in [-0.1, -0.05) is 86.3 Å². The zero-order chi connectivity index (χ0) is 31.0. The van der Waals surface area contributed by atoms with Crippen LogP contribution in [0.4, 0.5) is 0 Å². The van der Waals surface area contributed by atoms with Crippen LogP contribution in [0.3, 0.4) is 0 Å². The zero-order valence-corrected chi connectivity index (χ0v) is 26.5. The molecule has 0 fully saturated rings. The Balaban J connectivity index is 1.20. The summed E-state index contributed by atoms with van der Waals surface area (Å²) in [7, 11) is 2.05. The largest absolute Gasteiger partial charge is 0.457 e. The van der Waals surface area contributed by atoms with Gasteiger partial charge in [0.2, 0.25) is 0 Å². The van der Waals surface area contributed by atoms with E-state index in [1.165, 1.54) is 37.2 Å². The molecule has 0 aliphatic carbocycles. The van der Waals surface area contributed by atoms with Gasteiger partial charge in [0.15, 0.2) is 0 Å². The van der Waals surface area contributed by atoms with E-state index >= 15 is 0 Å². The van der Waals surface area contributed by atoms with Gasteiger partial charge in [0.1, 0.15) is 23.1 Å². The quantitative estimate of drug-likeness (QED) is 0.198. The second-order valence-electron chi connectivity index (χ2n) is 12.4. The standard InChI is InChI=1S/C40H30N4OS/c1-40(2)30-13-4-7-16-35(30)46-38-31(40)21-20-29-28-19-18-27(24-34(28)44(37(29)38)36-17-8-9-22-41-36)45-26-12-10-11-25(23-26)39-42-32-14-5-6-15-33(32)43(39)3/h4-24H,1-3H3. The van der Waals surface area contributed by atoms with Crippen LogP contribution in [0.5, 0.6) is 11.5 Å². The van der Waals surface area contributed by atoms with Crippen molar-refractivity contribution in [3.05, 3.63) is 139 Å². The highest BCUT2D eigenvalue weighted by atomic mass is 32.2. The third kappa shape index (κ3) is 4.03. The number of pyridine rings is 1. The van der Waals surface area contributed by atoms with Gasteiger partial charge in [0.25, 0.3) is 0 Å². The first-order chi connectivity index (χ1) is 22.5. The Morgan fingerprint density at radius 3 is 2.37 bits per heavy atom. The molecule has 0 saturated heterocycles. The molecule has 0 saturated carbocycles. The Labute approximate surface area is 271 Å². The molecule has 6 heteroatoms. The van der Waals surface area contributed by atoms with Crippen molar-refractivity contribution in [1.29, 1.82) is 0 Å². The molecule has 3 aromatic heterocycles. The first-order valence-corrected chi connectivity index (χ1v) is 16.3. The van der Waals surface area contributed by atoms with Crippen molar-refractivity contribution in [3.8, 4) is 28.7 Å². The number of nitrogens with zero attached hydrogens (tertiary/aromatic N) is 4. The topological polar surface area (TPSA) is 44.9 Å². The van der Waals surface area contributed by atoms with Crippen LogP contribution in [0.1, 0.15) is 25.0 Å². The summed E-state index contributed by atoms with van der Waals surface area (Å²) in [4.78, 5) is 12.3. The number of ether oxygens (including phenoxy) is 1. The number of hydrogen-bond acceptors (Lipinski definition) is 4. The van der Waals surface area contributed by atoms with Crippen LogP contribution < -0.4 is 4.74 Å². The maximum atomic E-state index is 6.57. The predicted octanol–water partition coefficient (Wildman–Crippen LogP) is 10.3. The molecule has 0 radical (unpaired) electrons. The number of benzene rings is 5. The summed E-state index contributed by atoms with van der Waals surface area (Å²) in [6.07, 6.45) is 1.86. The fourth-order valence-electron chi connectivity index (χ4n) is 7.00. The van der Waals surface area contributed by atoms with Crippen molar-refractivity contribution in [2.45, 2.75) is 29.1 Å². The number of hydrogen-bond donors (Lipinski definition) is 0. The normalized spacial score (nSPS) is 13.6. The van der Waals surface area contributed by atoms with Gasteiger partial charge in [-0.3, -0.25) is 4.57 Å². The van der Waals surface area contributed by atoms with E-state index in [-0.39, 0.29) is 5.41 Å². The first-order valence-electron chi connectivity index (χ1n) is 15.5. The lowest BCUT2D eigenvalue weighted by Gasteiger charge is -2.35. The van der Waals surface area contributed by atoms with Gasteiger partial charge in [-0.2, -0.15) is 0 Å². The van der Waals surface area contributed by atoms with Crippen molar-refractivity contribution in [2.75, 3.05) is 0 Å². The van der Waals surface area contributed by atoms with E-state index in [9.17, 15) is 0 Å². The predicted molar refractivity (Wildman–Crippen MR) is 187 cm³/mol. The van der Waals surface area contributed by atoms with E-state index in [1.807, 2.05) is 54.4 Å². The molecule has 8 aromatic rings. The van der Waals surface area contributed by atoms with E-state index in [0.717, 1.165) is 45.3 Å². The fourth-order valence-corrected chi connectivity index (χ4v) is 8.53. The Kier molecular flexibility index (Phi) is 5.93. The van der Waals surface area contributed by atoms with Crippen LogP contribution in [0.15, 0.2) is 137 Å². The van der Waals surface area contributed by atoms with Crippen LogP contribution in [0, 0.1) is 0 Å². The monoisotopic (exact) mass is 614 g/mol. The highest BCUT2D eigenvalue weighted by Gasteiger charge is 2.35. The molecule has 1 aliphatic rings. The molecule has 1 aliphatic heterocycles. The van der Waals surface area contributed by atoms with E-state index in [0.29, 0.717) is 0 Å². The van der Waals surface area contributed by atoms with Crippen LogP contribution >= 0.6 is 11.8 Å². The minimum atomic E-state index is -0.130. The highest BCUT2D eigenvalue weighted by Crippen LogP contribution is 2.53. The van der Waals surface area contributed by atoms with Gasteiger partial charge < -0.3 is 9.30 Å². The molecule has 0 spiro atoms. The lowest BCUT2D eigenvalue weighted by Crippen LogP contribution is -2.24. The molecule has 9 rings (SSSR count). The van der Waals surface area contributed by atoms with Crippen LogP contribution in [0.2, 0.25) is 0 Å². The lowest BCUT2D eigenvalue weighted by molar-refractivity contribution is 0.483. The summed E-state index contributed by atoms with van der Waals surface area (Å²) in [5, 5.41) is 2.37. The summed E-state index contributed by atoms with van der Waals surface area (Å²) in [5.74, 6) is 3.32. The molecule has 0 unspecified atom stereocenters. The molecule has 0 amide bonds. The Hall–Kier alpha value is -5.33. The van der Waals surface area contributed by atoms with Gasteiger partial charge >= 0.3 is 0 Å². The lowest BCUT2D eigenvalue weighted by atomic mass is 9.77.